The van der Waals surface area contributed by atoms with Crippen molar-refractivity contribution < 1.29 is 14.3 Å². The van der Waals surface area contributed by atoms with Crippen LogP contribution >= 0.6 is 11.3 Å². The lowest BCUT2D eigenvalue weighted by molar-refractivity contribution is 0.0951. The number of benzene rings is 2. The van der Waals surface area contributed by atoms with Crippen LogP contribution in [0.1, 0.15) is 51.7 Å². The predicted molar refractivity (Wildman–Crippen MR) is 130 cm³/mol. The number of carbonyl (C=O) groups excluding carboxylic acids is 1. The standard InChI is InChI=1S/C26H28N2O3S/c1-3-31-22-15-19(13-14-21(22)30-2)17-28-26-24(20-11-7-8-12-23(20)32-26)25(29)27-16-18-9-5-4-6-10-18/h4-6,9-10,13-15,17H,3,7-8,11-12,16H2,1-2H3,(H,27,29). The molecule has 1 aromatic heterocycles. The van der Waals surface area contributed by atoms with Crippen LogP contribution in [0.4, 0.5) is 5.00 Å². The summed E-state index contributed by atoms with van der Waals surface area (Å²) in [6.45, 7) is 3.00. The summed E-state index contributed by atoms with van der Waals surface area (Å²) in [5.74, 6) is 1.33. The van der Waals surface area contributed by atoms with Crippen LogP contribution in [0, 0.1) is 0 Å². The highest BCUT2D eigenvalue weighted by atomic mass is 32.1. The number of hydrogen-bond donors (Lipinski definition) is 1. The van der Waals surface area contributed by atoms with Crippen LogP contribution in [0.5, 0.6) is 11.5 Å². The molecule has 0 saturated heterocycles. The molecule has 0 radical (unpaired) electrons. The van der Waals surface area contributed by atoms with Gasteiger partial charge in [-0.1, -0.05) is 30.3 Å². The summed E-state index contributed by atoms with van der Waals surface area (Å²) in [4.78, 5) is 19.2. The lowest BCUT2D eigenvalue weighted by Gasteiger charge is -2.13. The third kappa shape index (κ3) is 5.02. The first-order valence-electron chi connectivity index (χ1n) is 11.0. The number of nitrogens with zero attached hydrogens (tertiary/aromatic N) is 1. The number of nitrogens with one attached hydrogen (secondary N) is 1. The fourth-order valence-electron chi connectivity index (χ4n) is 3.92. The van der Waals surface area contributed by atoms with Crippen LogP contribution < -0.4 is 14.8 Å². The van der Waals surface area contributed by atoms with Gasteiger partial charge >= 0.3 is 0 Å². The van der Waals surface area contributed by atoms with E-state index in [0.717, 1.165) is 47.4 Å². The number of aliphatic imine (C=N–C) groups is 1. The van der Waals surface area contributed by atoms with Gasteiger partial charge in [0.2, 0.25) is 0 Å². The van der Waals surface area contributed by atoms with E-state index in [1.54, 1.807) is 24.7 Å². The molecule has 1 N–H and O–H groups in total. The van der Waals surface area contributed by atoms with Gasteiger partial charge in [-0.3, -0.25) is 4.79 Å². The second-order valence-corrected chi connectivity index (χ2v) is 8.74. The minimum Gasteiger partial charge on any atom is -0.493 e. The Morgan fingerprint density at radius 2 is 1.94 bits per heavy atom. The quantitative estimate of drug-likeness (QED) is 0.449. The summed E-state index contributed by atoms with van der Waals surface area (Å²) in [6.07, 6.45) is 6.03. The van der Waals surface area contributed by atoms with Gasteiger partial charge < -0.3 is 14.8 Å². The summed E-state index contributed by atoms with van der Waals surface area (Å²) >= 11 is 1.64. The number of amides is 1. The molecule has 166 valence electrons. The van der Waals surface area contributed by atoms with Crippen LogP contribution in [0.3, 0.4) is 0 Å². The molecule has 0 bridgehead atoms. The number of aryl methyl sites for hydroxylation is 1. The van der Waals surface area contributed by atoms with Crippen molar-refractivity contribution in [2.75, 3.05) is 13.7 Å². The topological polar surface area (TPSA) is 59.9 Å². The van der Waals surface area contributed by atoms with Crippen LogP contribution in [0.2, 0.25) is 0 Å². The van der Waals surface area contributed by atoms with Crippen LogP contribution in [-0.4, -0.2) is 25.8 Å². The predicted octanol–water partition coefficient (Wildman–Crippen LogP) is 5.71. The Morgan fingerprint density at radius 1 is 1.12 bits per heavy atom. The van der Waals surface area contributed by atoms with Crippen LogP contribution in [0.15, 0.2) is 53.5 Å². The maximum Gasteiger partial charge on any atom is 0.254 e. The van der Waals surface area contributed by atoms with Crippen molar-refractivity contribution in [1.29, 1.82) is 0 Å². The molecule has 3 aromatic rings. The lowest BCUT2D eigenvalue weighted by atomic mass is 9.95. The molecule has 0 fully saturated rings. The minimum atomic E-state index is -0.0508. The number of hydrogen-bond acceptors (Lipinski definition) is 5. The first kappa shape index (κ1) is 22.1. The third-order valence-corrected chi connectivity index (χ3v) is 6.69. The molecule has 0 aliphatic heterocycles. The van der Waals surface area contributed by atoms with Gasteiger partial charge in [-0.25, -0.2) is 4.99 Å². The van der Waals surface area contributed by atoms with E-state index in [9.17, 15) is 4.79 Å². The molecule has 2 aromatic carbocycles. The molecule has 0 atom stereocenters. The van der Waals surface area contributed by atoms with Crippen molar-refractivity contribution in [3.05, 3.63) is 75.7 Å². The highest BCUT2D eigenvalue weighted by molar-refractivity contribution is 7.16. The average molecular weight is 449 g/mol. The first-order chi connectivity index (χ1) is 15.7. The molecule has 0 spiro atoms. The van der Waals surface area contributed by atoms with Gasteiger partial charge in [0.05, 0.1) is 19.3 Å². The normalized spacial score (nSPS) is 13.1. The average Bonchev–Trinajstić information content (AvgIpc) is 3.21. The zero-order valence-electron chi connectivity index (χ0n) is 18.5. The Morgan fingerprint density at radius 3 is 2.72 bits per heavy atom. The Hall–Kier alpha value is -3.12. The molecule has 4 rings (SSSR count). The largest absolute Gasteiger partial charge is 0.493 e. The minimum absolute atomic E-state index is 0.0508. The van der Waals surface area contributed by atoms with E-state index >= 15 is 0 Å². The maximum atomic E-state index is 13.2. The van der Waals surface area contributed by atoms with Crippen molar-refractivity contribution >= 4 is 28.5 Å². The van der Waals surface area contributed by atoms with Crippen LogP contribution in [0.25, 0.3) is 0 Å². The van der Waals surface area contributed by atoms with Crippen molar-refractivity contribution in [2.45, 2.75) is 39.2 Å². The molecular weight excluding hydrogens is 420 g/mol. The second kappa shape index (κ2) is 10.5. The highest BCUT2D eigenvalue weighted by Crippen LogP contribution is 2.40. The second-order valence-electron chi connectivity index (χ2n) is 7.66. The third-order valence-electron chi connectivity index (χ3n) is 5.49. The number of rotatable bonds is 8. The summed E-state index contributed by atoms with van der Waals surface area (Å²) in [5.41, 5.74) is 3.88. The molecule has 1 aliphatic carbocycles. The summed E-state index contributed by atoms with van der Waals surface area (Å²) in [7, 11) is 1.63. The molecule has 0 unspecified atom stereocenters. The van der Waals surface area contributed by atoms with E-state index in [2.05, 4.69) is 5.32 Å². The van der Waals surface area contributed by atoms with E-state index in [1.165, 1.54) is 10.4 Å². The van der Waals surface area contributed by atoms with E-state index < -0.39 is 0 Å². The van der Waals surface area contributed by atoms with Gasteiger partial charge in [0, 0.05) is 17.6 Å². The number of fused-ring (bicyclic) bond motifs is 1. The number of methoxy groups -OCH3 is 1. The van der Waals surface area contributed by atoms with Crippen molar-refractivity contribution in [1.82, 2.24) is 5.32 Å². The maximum absolute atomic E-state index is 13.2. The van der Waals surface area contributed by atoms with E-state index in [1.807, 2.05) is 55.5 Å². The number of ether oxygens (including phenoxy) is 2. The van der Waals surface area contributed by atoms with Crippen molar-refractivity contribution in [3.63, 3.8) is 0 Å². The van der Waals surface area contributed by atoms with E-state index in [0.29, 0.717) is 24.7 Å². The summed E-state index contributed by atoms with van der Waals surface area (Å²) in [6, 6.07) is 15.7. The fourth-order valence-corrected chi connectivity index (χ4v) is 5.15. The Kier molecular flexibility index (Phi) is 7.22. The van der Waals surface area contributed by atoms with Crippen molar-refractivity contribution in [2.24, 2.45) is 4.99 Å². The van der Waals surface area contributed by atoms with Crippen LogP contribution in [-0.2, 0) is 19.4 Å². The molecule has 1 aliphatic rings. The lowest BCUT2D eigenvalue weighted by Crippen LogP contribution is -2.24. The molecule has 6 heteroatoms. The molecule has 0 saturated carbocycles. The van der Waals surface area contributed by atoms with Gasteiger partial charge in [0.15, 0.2) is 11.5 Å². The van der Waals surface area contributed by atoms with E-state index in [4.69, 9.17) is 14.5 Å². The zero-order valence-corrected chi connectivity index (χ0v) is 19.3. The van der Waals surface area contributed by atoms with Gasteiger partial charge in [-0.15, -0.1) is 11.3 Å². The molecule has 1 heterocycles. The van der Waals surface area contributed by atoms with Gasteiger partial charge in [-0.05, 0) is 67.5 Å². The van der Waals surface area contributed by atoms with E-state index in [-0.39, 0.29) is 5.91 Å². The highest BCUT2D eigenvalue weighted by Gasteiger charge is 2.25. The zero-order chi connectivity index (χ0) is 22.3. The van der Waals surface area contributed by atoms with Gasteiger partial charge in [-0.2, -0.15) is 0 Å². The number of thiophene rings is 1. The summed E-state index contributed by atoms with van der Waals surface area (Å²) < 4.78 is 11.0. The molecule has 32 heavy (non-hydrogen) atoms. The Labute approximate surface area is 193 Å². The van der Waals surface area contributed by atoms with Crippen molar-refractivity contribution in [3.8, 4) is 11.5 Å². The Bertz CT molecular complexity index is 1110. The smallest absolute Gasteiger partial charge is 0.254 e. The molecular formula is C26H28N2O3S. The molecule has 1 amide bonds. The SMILES string of the molecule is CCOc1cc(C=Nc2sc3c(c2C(=O)NCc2ccccc2)CCCC3)ccc1OC. The first-order valence-corrected chi connectivity index (χ1v) is 11.8. The van der Waals surface area contributed by atoms with Gasteiger partial charge in [0.25, 0.3) is 5.91 Å². The fraction of sp³-hybridized carbons (Fsp3) is 0.308. The summed E-state index contributed by atoms with van der Waals surface area (Å²) in [5, 5.41) is 3.86. The van der Waals surface area contributed by atoms with Gasteiger partial charge in [0.1, 0.15) is 5.00 Å². The Balaban J connectivity index is 1.60. The molecule has 5 nitrogen and oxygen atoms in total. The number of carbonyl (C=O) groups is 1. The monoisotopic (exact) mass is 448 g/mol.